The van der Waals surface area contributed by atoms with Gasteiger partial charge in [0, 0.05) is 31.7 Å². The minimum absolute atomic E-state index is 0.220. The zero-order chi connectivity index (χ0) is 19.5. The number of imidazole rings is 1. The number of rotatable bonds is 6. The maximum absolute atomic E-state index is 12.8. The third kappa shape index (κ3) is 3.61. The van der Waals surface area contributed by atoms with E-state index in [0.29, 0.717) is 33.7 Å². The number of hydrogen-bond donors (Lipinski definition) is 1. The molecular weight excluding hydrogens is 378 g/mol. The number of amides is 1. The molecule has 0 saturated heterocycles. The van der Waals surface area contributed by atoms with Crippen molar-refractivity contribution < 1.29 is 4.79 Å². The Balaban J connectivity index is 1.47. The molecule has 3 aromatic heterocycles. The van der Waals surface area contributed by atoms with Gasteiger partial charge in [0.15, 0.2) is 0 Å². The molecule has 1 aromatic carbocycles. The summed E-state index contributed by atoms with van der Waals surface area (Å²) in [5.41, 5.74) is 1.07. The van der Waals surface area contributed by atoms with E-state index in [2.05, 4.69) is 15.3 Å². The minimum Gasteiger partial charge on any atom is -0.352 e. The molecule has 0 unspecified atom stereocenters. The number of pyridine rings is 1. The molecule has 3 heterocycles. The lowest BCUT2D eigenvalue weighted by Gasteiger charge is -2.08. The fourth-order valence-corrected chi connectivity index (χ4v) is 3.29. The highest BCUT2D eigenvalue weighted by atomic mass is 35.5. The van der Waals surface area contributed by atoms with Gasteiger partial charge < -0.3 is 9.88 Å². The van der Waals surface area contributed by atoms with Crippen molar-refractivity contribution in [3.63, 3.8) is 0 Å². The van der Waals surface area contributed by atoms with Gasteiger partial charge in [0.1, 0.15) is 5.65 Å². The van der Waals surface area contributed by atoms with E-state index in [1.807, 2.05) is 10.8 Å². The van der Waals surface area contributed by atoms with Crippen molar-refractivity contribution in [2.24, 2.45) is 0 Å². The number of aromatic nitrogens is 4. The Bertz CT molecular complexity index is 1200. The van der Waals surface area contributed by atoms with Crippen molar-refractivity contribution in [3.05, 3.63) is 76.2 Å². The summed E-state index contributed by atoms with van der Waals surface area (Å²) in [6, 6.07) is 8.39. The Morgan fingerprint density at radius 3 is 2.89 bits per heavy atom. The lowest BCUT2D eigenvalue weighted by atomic mass is 10.2. The van der Waals surface area contributed by atoms with Gasteiger partial charge in [-0.1, -0.05) is 17.7 Å². The quantitative estimate of drug-likeness (QED) is 0.402. The lowest BCUT2D eigenvalue weighted by Crippen LogP contribution is -2.26. The Hall–Kier alpha value is -3.19. The van der Waals surface area contributed by atoms with Crippen LogP contribution >= 0.6 is 11.6 Å². The molecule has 8 heteroatoms. The summed E-state index contributed by atoms with van der Waals surface area (Å²) in [7, 11) is 0. The van der Waals surface area contributed by atoms with Gasteiger partial charge >= 0.3 is 0 Å². The number of benzene rings is 1. The molecule has 0 radical (unpaired) electrons. The fourth-order valence-electron chi connectivity index (χ4n) is 3.07. The van der Waals surface area contributed by atoms with E-state index in [0.717, 1.165) is 19.4 Å². The number of nitrogens with zero attached hydrogens (tertiary/aromatic N) is 4. The number of hydrogen-bond acceptors (Lipinski definition) is 4. The molecule has 28 heavy (non-hydrogen) atoms. The first kappa shape index (κ1) is 18.2. The summed E-state index contributed by atoms with van der Waals surface area (Å²) in [6.07, 6.45) is 8.74. The number of carbonyl (C=O) groups excluding carboxylic acids is 1. The van der Waals surface area contributed by atoms with Gasteiger partial charge in [-0.2, -0.15) is 0 Å². The summed E-state index contributed by atoms with van der Waals surface area (Å²) in [4.78, 5) is 33.6. The van der Waals surface area contributed by atoms with Crippen molar-refractivity contribution in [2.45, 2.75) is 19.4 Å². The van der Waals surface area contributed by atoms with E-state index in [1.54, 1.807) is 42.9 Å². The van der Waals surface area contributed by atoms with Gasteiger partial charge in [0.2, 0.25) is 0 Å². The lowest BCUT2D eigenvalue weighted by molar-refractivity contribution is 0.0952. The van der Waals surface area contributed by atoms with Crippen molar-refractivity contribution in [1.29, 1.82) is 0 Å². The molecule has 0 aliphatic heterocycles. The summed E-state index contributed by atoms with van der Waals surface area (Å²) < 4.78 is 3.38. The van der Waals surface area contributed by atoms with Gasteiger partial charge in [-0.3, -0.25) is 14.0 Å². The molecular formula is C20H18ClN5O2. The standard InChI is InChI=1S/C20H18ClN5O2/c21-16-5-3-4-15-18(16)24-17-7-6-14(12-26(17)20(15)28)19(27)23-8-1-2-10-25-11-9-22-13-25/h3-7,9,11-13H,1-2,8,10H2,(H,23,27). The predicted octanol–water partition coefficient (Wildman–Crippen LogP) is 2.91. The molecule has 0 fully saturated rings. The molecule has 4 rings (SSSR count). The summed E-state index contributed by atoms with van der Waals surface area (Å²) >= 11 is 6.15. The molecule has 0 bridgehead atoms. The van der Waals surface area contributed by atoms with Gasteiger partial charge in [-0.05, 0) is 37.1 Å². The molecule has 0 atom stereocenters. The van der Waals surface area contributed by atoms with Crippen LogP contribution in [0.3, 0.4) is 0 Å². The first-order valence-electron chi connectivity index (χ1n) is 8.98. The van der Waals surface area contributed by atoms with E-state index >= 15 is 0 Å². The van der Waals surface area contributed by atoms with E-state index in [9.17, 15) is 9.59 Å². The molecule has 0 spiro atoms. The highest BCUT2D eigenvalue weighted by Crippen LogP contribution is 2.19. The second-order valence-electron chi connectivity index (χ2n) is 6.46. The van der Waals surface area contributed by atoms with Gasteiger partial charge in [0.25, 0.3) is 11.5 Å². The predicted molar refractivity (Wildman–Crippen MR) is 108 cm³/mol. The number of carbonyl (C=O) groups is 1. The largest absolute Gasteiger partial charge is 0.352 e. The van der Waals surface area contributed by atoms with Crippen LogP contribution in [0.4, 0.5) is 0 Å². The van der Waals surface area contributed by atoms with Crippen molar-refractivity contribution in [2.75, 3.05) is 6.54 Å². The summed E-state index contributed by atoms with van der Waals surface area (Å²) in [5.74, 6) is -0.220. The van der Waals surface area contributed by atoms with Crippen molar-refractivity contribution in [3.8, 4) is 0 Å². The van der Waals surface area contributed by atoms with Gasteiger partial charge in [-0.25, -0.2) is 9.97 Å². The van der Waals surface area contributed by atoms with Crippen LogP contribution in [0.5, 0.6) is 0 Å². The van der Waals surface area contributed by atoms with E-state index in [4.69, 9.17) is 11.6 Å². The number of nitrogens with one attached hydrogen (secondary N) is 1. The summed E-state index contributed by atoms with van der Waals surface area (Å²) in [6.45, 7) is 1.43. The Morgan fingerprint density at radius 1 is 1.18 bits per heavy atom. The van der Waals surface area contributed by atoms with Crippen molar-refractivity contribution >= 4 is 34.1 Å². The first-order chi connectivity index (χ1) is 13.6. The molecule has 4 aromatic rings. The third-order valence-electron chi connectivity index (χ3n) is 4.54. The molecule has 7 nitrogen and oxygen atoms in total. The zero-order valence-electron chi connectivity index (χ0n) is 15.0. The molecule has 1 N–H and O–H groups in total. The maximum Gasteiger partial charge on any atom is 0.265 e. The SMILES string of the molecule is O=C(NCCCCn1ccnc1)c1ccc2nc3c(Cl)cccc3c(=O)n2c1. The van der Waals surface area contributed by atoms with Crippen LogP contribution in [-0.2, 0) is 6.54 Å². The molecule has 0 aliphatic carbocycles. The number of para-hydroxylation sites is 1. The molecule has 0 saturated carbocycles. The fraction of sp³-hybridized carbons (Fsp3) is 0.200. The average molecular weight is 396 g/mol. The highest BCUT2D eigenvalue weighted by Gasteiger charge is 2.11. The van der Waals surface area contributed by atoms with E-state index in [-0.39, 0.29) is 11.5 Å². The van der Waals surface area contributed by atoms with Crippen LogP contribution in [0, 0.1) is 0 Å². The van der Waals surface area contributed by atoms with E-state index < -0.39 is 0 Å². The van der Waals surface area contributed by atoms with Crippen LogP contribution in [0.25, 0.3) is 16.6 Å². The second kappa shape index (κ2) is 7.82. The van der Waals surface area contributed by atoms with Gasteiger partial charge in [-0.15, -0.1) is 0 Å². The maximum atomic E-state index is 12.8. The Labute approximate surface area is 165 Å². The number of aryl methyl sites for hydroxylation is 1. The topological polar surface area (TPSA) is 81.3 Å². The zero-order valence-corrected chi connectivity index (χ0v) is 15.8. The van der Waals surface area contributed by atoms with E-state index in [1.165, 1.54) is 10.6 Å². The highest BCUT2D eigenvalue weighted by molar-refractivity contribution is 6.35. The number of unbranched alkanes of at least 4 members (excludes halogenated alkanes) is 1. The number of halogens is 1. The number of fused-ring (bicyclic) bond motifs is 2. The Kier molecular flexibility index (Phi) is 5.08. The Morgan fingerprint density at radius 2 is 2.07 bits per heavy atom. The van der Waals surface area contributed by atoms with Crippen LogP contribution in [0.15, 0.2) is 60.0 Å². The third-order valence-corrected chi connectivity index (χ3v) is 4.84. The minimum atomic E-state index is -0.252. The molecule has 142 valence electrons. The monoisotopic (exact) mass is 395 g/mol. The molecule has 1 amide bonds. The van der Waals surface area contributed by atoms with Crippen LogP contribution in [-0.4, -0.2) is 31.4 Å². The van der Waals surface area contributed by atoms with Crippen molar-refractivity contribution in [1.82, 2.24) is 24.3 Å². The first-order valence-corrected chi connectivity index (χ1v) is 9.36. The van der Waals surface area contributed by atoms with Gasteiger partial charge in [0.05, 0.1) is 27.8 Å². The van der Waals surface area contributed by atoms with Crippen LogP contribution in [0.1, 0.15) is 23.2 Å². The second-order valence-corrected chi connectivity index (χ2v) is 6.87. The molecule has 0 aliphatic rings. The normalized spacial score (nSPS) is 11.2. The van der Waals surface area contributed by atoms with Crippen LogP contribution < -0.4 is 10.9 Å². The average Bonchev–Trinajstić information content (AvgIpc) is 3.22. The van der Waals surface area contributed by atoms with Crippen LogP contribution in [0.2, 0.25) is 5.02 Å². The summed E-state index contributed by atoms with van der Waals surface area (Å²) in [5, 5.41) is 3.73. The smallest absolute Gasteiger partial charge is 0.265 e.